The van der Waals surface area contributed by atoms with Gasteiger partial charge >= 0.3 is 0 Å². The molecule has 7 heteroatoms. The quantitative estimate of drug-likeness (QED) is 0.326. The molecule has 0 spiro atoms. The second-order valence-electron chi connectivity index (χ2n) is 9.30. The van der Waals surface area contributed by atoms with Gasteiger partial charge in [0, 0.05) is 29.6 Å². The van der Waals surface area contributed by atoms with Crippen LogP contribution in [-0.4, -0.2) is 19.5 Å². The highest BCUT2D eigenvalue weighted by Gasteiger charge is 2.19. The Kier molecular flexibility index (Phi) is 6.66. The molecule has 0 aliphatic heterocycles. The largest absolute Gasteiger partial charge is 0.487 e. The molecule has 0 fully saturated rings. The van der Waals surface area contributed by atoms with Crippen LogP contribution in [0.3, 0.4) is 0 Å². The number of halogens is 1. The normalized spacial score (nSPS) is 11.5. The van der Waals surface area contributed by atoms with Gasteiger partial charge in [-0.2, -0.15) is 0 Å². The van der Waals surface area contributed by atoms with Crippen LogP contribution in [0.1, 0.15) is 43.4 Å². The topological polar surface area (TPSA) is 69.9 Å². The zero-order valence-electron chi connectivity index (χ0n) is 20.0. The SMILES string of the molecule is Cc1cccc(COc2cc(C)n(-c3ccnc(-c4ccnc(C(C)(C)C)n4)c3)c(=O)c2Br)c1. The summed E-state index contributed by atoms with van der Waals surface area (Å²) in [6.07, 6.45) is 3.43. The summed E-state index contributed by atoms with van der Waals surface area (Å²) in [6.45, 7) is 10.5. The van der Waals surface area contributed by atoms with Crippen LogP contribution in [0.4, 0.5) is 0 Å². The van der Waals surface area contributed by atoms with E-state index < -0.39 is 0 Å². The van der Waals surface area contributed by atoms with Crippen molar-refractivity contribution in [2.24, 2.45) is 0 Å². The lowest BCUT2D eigenvalue weighted by Crippen LogP contribution is -2.22. The fourth-order valence-corrected chi connectivity index (χ4v) is 4.04. The molecule has 0 saturated carbocycles. The van der Waals surface area contributed by atoms with Crippen molar-refractivity contribution in [2.75, 3.05) is 0 Å². The Hall–Kier alpha value is -3.32. The van der Waals surface area contributed by atoms with E-state index in [-0.39, 0.29) is 11.0 Å². The van der Waals surface area contributed by atoms with Crippen LogP contribution < -0.4 is 10.3 Å². The van der Waals surface area contributed by atoms with Crippen LogP contribution in [0.25, 0.3) is 17.1 Å². The Labute approximate surface area is 207 Å². The van der Waals surface area contributed by atoms with Gasteiger partial charge in [0.1, 0.15) is 22.7 Å². The van der Waals surface area contributed by atoms with Crippen molar-refractivity contribution >= 4 is 15.9 Å². The van der Waals surface area contributed by atoms with Crippen LogP contribution in [-0.2, 0) is 12.0 Å². The number of hydrogen-bond acceptors (Lipinski definition) is 5. The summed E-state index contributed by atoms with van der Waals surface area (Å²) in [5, 5.41) is 0. The van der Waals surface area contributed by atoms with Gasteiger partial charge in [0.05, 0.1) is 17.1 Å². The predicted octanol–water partition coefficient (Wildman–Crippen LogP) is 5.95. The smallest absolute Gasteiger partial charge is 0.273 e. The van der Waals surface area contributed by atoms with Gasteiger partial charge in [0.2, 0.25) is 0 Å². The average Bonchev–Trinajstić information content (AvgIpc) is 2.80. The lowest BCUT2D eigenvalue weighted by Gasteiger charge is -2.17. The molecule has 174 valence electrons. The summed E-state index contributed by atoms with van der Waals surface area (Å²) in [6, 6.07) is 15.5. The lowest BCUT2D eigenvalue weighted by molar-refractivity contribution is 0.302. The van der Waals surface area contributed by atoms with E-state index in [2.05, 4.69) is 52.7 Å². The van der Waals surface area contributed by atoms with E-state index in [0.717, 1.165) is 17.1 Å². The molecular formula is C27H27BrN4O2. The van der Waals surface area contributed by atoms with Crippen LogP contribution in [0, 0.1) is 13.8 Å². The number of hydrogen-bond donors (Lipinski definition) is 0. The monoisotopic (exact) mass is 518 g/mol. The first kappa shape index (κ1) is 23.8. The van der Waals surface area contributed by atoms with Gasteiger partial charge in [-0.15, -0.1) is 0 Å². The second-order valence-corrected chi connectivity index (χ2v) is 10.1. The van der Waals surface area contributed by atoms with Gasteiger partial charge in [-0.25, -0.2) is 9.97 Å². The van der Waals surface area contributed by atoms with Crippen molar-refractivity contribution in [3.63, 3.8) is 0 Å². The second kappa shape index (κ2) is 9.50. The molecule has 3 aromatic heterocycles. The number of nitrogens with zero attached hydrogens (tertiary/aromatic N) is 4. The molecule has 0 radical (unpaired) electrons. The Morgan fingerprint density at radius 1 is 0.971 bits per heavy atom. The van der Waals surface area contributed by atoms with E-state index in [1.807, 2.05) is 56.3 Å². The predicted molar refractivity (Wildman–Crippen MR) is 138 cm³/mol. The Morgan fingerprint density at radius 2 is 1.74 bits per heavy atom. The zero-order chi connectivity index (χ0) is 24.5. The summed E-state index contributed by atoms with van der Waals surface area (Å²) in [5.74, 6) is 1.25. The zero-order valence-corrected chi connectivity index (χ0v) is 21.5. The van der Waals surface area contributed by atoms with Crippen LogP contribution >= 0.6 is 15.9 Å². The number of ether oxygens (including phenoxy) is 1. The highest BCUT2D eigenvalue weighted by molar-refractivity contribution is 9.10. The van der Waals surface area contributed by atoms with E-state index in [0.29, 0.717) is 33.9 Å². The van der Waals surface area contributed by atoms with Gasteiger partial charge in [-0.05, 0) is 53.5 Å². The Bertz CT molecular complexity index is 1410. The van der Waals surface area contributed by atoms with Crippen molar-refractivity contribution in [1.82, 2.24) is 19.5 Å². The number of pyridine rings is 2. The molecule has 0 N–H and O–H groups in total. The fourth-order valence-electron chi connectivity index (χ4n) is 3.63. The molecule has 6 nitrogen and oxygen atoms in total. The number of aromatic nitrogens is 4. The van der Waals surface area contributed by atoms with Crippen molar-refractivity contribution in [3.8, 4) is 22.8 Å². The minimum Gasteiger partial charge on any atom is -0.487 e. The molecule has 4 rings (SSSR count). The number of rotatable bonds is 5. The molecule has 4 aromatic rings. The molecule has 0 atom stereocenters. The molecule has 0 aliphatic rings. The maximum absolute atomic E-state index is 13.3. The minimum absolute atomic E-state index is 0.180. The summed E-state index contributed by atoms with van der Waals surface area (Å²) in [5.41, 5.74) is 4.68. The van der Waals surface area contributed by atoms with Crippen molar-refractivity contribution in [1.29, 1.82) is 0 Å². The first-order chi connectivity index (χ1) is 16.1. The standard InChI is InChI=1S/C27H27BrN4O2/c1-17-7-6-8-19(13-17)16-34-23-14-18(2)32(25(33)24(23)28)20-9-11-29-22(15-20)21-10-12-30-26(31-21)27(3,4)5/h6-15H,16H2,1-5H3. The summed E-state index contributed by atoms with van der Waals surface area (Å²) < 4.78 is 7.99. The van der Waals surface area contributed by atoms with Crippen LogP contribution in [0.5, 0.6) is 5.75 Å². The molecular weight excluding hydrogens is 492 g/mol. The van der Waals surface area contributed by atoms with Crippen molar-refractivity contribution in [2.45, 2.75) is 46.6 Å². The summed E-state index contributed by atoms with van der Waals surface area (Å²) >= 11 is 3.45. The van der Waals surface area contributed by atoms with Gasteiger partial charge in [0.25, 0.3) is 5.56 Å². The first-order valence-electron chi connectivity index (χ1n) is 11.0. The maximum Gasteiger partial charge on any atom is 0.273 e. The molecule has 0 unspecified atom stereocenters. The minimum atomic E-state index is -0.200. The highest BCUT2D eigenvalue weighted by atomic mass is 79.9. The summed E-state index contributed by atoms with van der Waals surface area (Å²) in [4.78, 5) is 26.9. The van der Waals surface area contributed by atoms with E-state index in [1.165, 1.54) is 5.56 Å². The van der Waals surface area contributed by atoms with Gasteiger partial charge in [-0.1, -0.05) is 50.6 Å². The van der Waals surface area contributed by atoms with E-state index in [4.69, 9.17) is 9.72 Å². The van der Waals surface area contributed by atoms with Gasteiger partial charge in [0.15, 0.2) is 0 Å². The van der Waals surface area contributed by atoms with Crippen LogP contribution in [0.15, 0.2) is 70.2 Å². The average molecular weight is 519 g/mol. The lowest BCUT2D eigenvalue weighted by atomic mass is 9.95. The maximum atomic E-state index is 13.3. The number of aryl methyl sites for hydroxylation is 2. The van der Waals surface area contributed by atoms with Crippen LogP contribution in [0.2, 0.25) is 0 Å². The first-order valence-corrected chi connectivity index (χ1v) is 11.8. The molecule has 0 bridgehead atoms. The third-order valence-corrected chi connectivity index (χ3v) is 6.10. The molecule has 0 amide bonds. The molecule has 1 aromatic carbocycles. The molecule has 0 aliphatic carbocycles. The van der Waals surface area contributed by atoms with E-state index in [1.54, 1.807) is 17.0 Å². The van der Waals surface area contributed by atoms with Gasteiger partial charge < -0.3 is 4.74 Å². The van der Waals surface area contributed by atoms with Crippen molar-refractivity contribution < 1.29 is 4.74 Å². The fraction of sp³-hybridized carbons (Fsp3) is 0.259. The highest BCUT2D eigenvalue weighted by Crippen LogP contribution is 2.27. The van der Waals surface area contributed by atoms with Crippen molar-refractivity contribution in [3.05, 3.63) is 98.4 Å². The number of benzene rings is 1. The molecule has 0 saturated heterocycles. The van der Waals surface area contributed by atoms with E-state index in [9.17, 15) is 4.79 Å². The Balaban J connectivity index is 1.68. The molecule has 34 heavy (non-hydrogen) atoms. The third kappa shape index (κ3) is 5.09. The third-order valence-electron chi connectivity index (χ3n) is 5.37. The molecule has 3 heterocycles. The van der Waals surface area contributed by atoms with Gasteiger partial charge in [-0.3, -0.25) is 14.3 Å². The summed E-state index contributed by atoms with van der Waals surface area (Å²) in [7, 11) is 0. The Morgan fingerprint density at radius 3 is 2.47 bits per heavy atom. The van der Waals surface area contributed by atoms with E-state index >= 15 is 0 Å².